The number of anilines is 1. The van der Waals surface area contributed by atoms with Gasteiger partial charge in [-0.25, -0.2) is 14.2 Å². The van der Waals surface area contributed by atoms with Crippen LogP contribution in [0.15, 0.2) is 85.2 Å². The van der Waals surface area contributed by atoms with Gasteiger partial charge in [-0.05, 0) is 68.8 Å². The van der Waals surface area contributed by atoms with Crippen LogP contribution >= 0.6 is 11.3 Å². The van der Waals surface area contributed by atoms with Gasteiger partial charge in [-0.3, -0.25) is 14.9 Å². The highest BCUT2D eigenvalue weighted by Crippen LogP contribution is 2.23. The summed E-state index contributed by atoms with van der Waals surface area (Å²) in [6.45, 7) is 5.76. The Morgan fingerprint density at radius 2 is 1.73 bits per heavy atom. The lowest BCUT2D eigenvalue weighted by Gasteiger charge is -2.19. The summed E-state index contributed by atoms with van der Waals surface area (Å²) in [6, 6.07) is 17.4. The first-order valence-electron chi connectivity index (χ1n) is 15.1. The molecule has 13 nitrogen and oxygen atoms in total. The van der Waals surface area contributed by atoms with E-state index in [0.717, 1.165) is 9.84 Å². The van der Waals surface area contributed by atoms with Crippen LogP contribution in [0.5, 0.6) is 5.75 Å². The quantitative estimate of drug-likeness (QED) is 0.0635. The van der Waals surface area contributed by atoms with Crippen molar-refractivity contribution in [3.8, 4) is 5.75 Å². The molecule has 0 radical (unpaired) electrons. The van der Waals surface area contributed by atoms with E-state index in [2.05, 4.69) is 16.0 Å². The van der Waals surface area contributed by atoms with E-state index in [1.807, 2.05) is 28.3 Å². The van der Waals surface area contributed by atoms with Gasteiger partial charge in [-0.1, -0.05) is 35.6 Å². The topological polar surface area (TPSA) is 169 Å². The molecule has 2 aromatic heterocycles. The number of esters is 1. The van der Waals surface area contributed by atoms with Crippen molar-refractivity contribution < 1.29 is 33.6 Å². The molecule has 4 N–H and O–H groups in total. The van der Waals surface area contributed by atoms with Crippen LogP contribution < -0.4 is 20.4 Å². The van der Waals surface area contributed by atoms with Crippen LogP contribution in [0.4, 0.5) is 16.2 Å². The van der Waals surface area contributed by atoms with Crippen molar-refractivity contribution in [1.29, 1.82) is 0 Å². The monoisotopic (exact) mass is 671 g/mol. The van der Waals surface area contributed by atoms with E-state index < -0.39 is 28.9 Å². The van der Waals surface area contributed by atoms with Crippen LogP contribution in [0.1, 0.15) is 45.9 Å². The van der Waals surface area contributed by atoms with E-state index >= 15 is 0 Å². The molecule has 5 aromatic rings. The number of aryl methyl sites for hydroxylation is 1. The number of thiazole rings is 1. The van der Waals surface area contributed by atoms with Gasteiger partial charge in [-0.2, -0.15) is 4.40 Å². The van der Waals surface area contributed by atoms with Crippen molar-refractivity contribution in [2.75, 3.05) is 5.32 Å². The number of phenols is 1. The summed E-state index contributed by atoms with van der Waals surface area (Å²) in [4.78, 5) is 52.1. The van der Waals surface area contributed by atoms with Crippen molar-refractivity contribution in [2.45, 2.75) is 52.4 Å². The van der Waals surface area contributed by atoms with Crippen LogP contribution in [-0.2, 0) is 29.0 Å². The standard InChI is InChI=1S/C34H34N6O7S/c1-21(2)47-32(43)24-10-12-26(13-11-24)36-33(44)37-29(16-23-8-14-28(41)15-9-23)31(42)35-17-27-20-38-18-22(3)48-34(38)39(27)19-25-6-4-5-7-30(25)40(45)46/h4-15,18,20-21,29H,16-17,19H2,1-3H3,(H3-,35,36,37,41,42,43,44)/p+1/t29-/m0/s1. The predicted octanol–water partition coefficient (Wildman–Crippen LogP) is 4.87. The summed E-state index contributed by atoms with van der Waals surface area (Å²) in [5, 5.41) is 29.8. The minimum absolute atomic E-state index is 0.00178. The number of phenolic OH excluding ortho intramolecular Hbond substituents is 1. The number of hydrogen-bond acceptors (Lipinski definition) is 8. The van der Waals surface area contributed by atoms with E-state index in [1.54, 1.807) is 56.3 Å². The normalized spacial score (nSPS) is 11.7. The number of hydrogen-bond donors (Lipinski definition) is 4. The van der Waals surface area contributed by atoms with Gasteiger partial charge in [0, 0.05) is 23.1 Å². The van der Waals surface area contributed by atoms with Gasteiger partial charge in [0.1, 0.15) is 30.7 Å². The number of carbonyl (C=O) groups is 3. The van der Waals surface area contributed by atoms with Crippen molar-refractivity contribution in [2.24, 2.45) is 0 Å². The molecule has 14 heteroatoms. The summed E-state index contributed by atoms with van der Waals surface area (Å²) in [5.74, 6) is -0.876. The first-order valence-corrected chi connectivity index (χ1v) is 15.9. The van der Waals surface area contributed by atoms with Crippen LogP contribution in [0, 0.1) is 17.0 Å². The fraction of sp³-hybridized carbons (Fsp3) is 0.235. The van der Waals surface area contributed by atoms with Gasteiger partial charge in [0.15, 0.2) is 5.69 Å². The van der Waals surface area contributed by atoms with Gasteiger partial charge in [0.05, 0.1) is 28.7 Å². The molecule has 2 heterocycles. The molecule has 3 aromatic carbocycles. The number of aromatic nitrogens is 2. The molecule has 248 valence electrons. The van der Waals surface area contributed by atoms with Crippen LogP contribution in [0.2, 0.25) is 0 Å². The lowest BCUT2D eigenvalue weighted by atomic mass is 10.0. The molecule has 0 saturated carbocycles. The first-order chi connectivity index (χ1) is 23.0. The first kappa shape index (κ1) is 33.6. The molecule has 0 spiro atoms. The number of benzene rings is 3. The van der Waals surface area contributed by atoms with E-state index in [4.69, 9.17) is 4.74 Å². The second-order valence-electron chi connectivity index (χ2n) is 11.4. The number of nitrogens with one attached hydrogen (secondary N) is 3. The molecular formula is C34H35N6O7S+. The lowest BCUT2D eigenvalue weighted by molar-refractivity contribution is -0.506. The van der Waals surface area contributed by atoms with Crippen LogP contribution in [0.3, 0.4) is 0 Å². The molecule has 0 unspecified atom stereocenters. The number of rotatable bonds is 12. The second kappa shape index (κ2) is 14.8. The number of nitro groups is 1. The van der Waals surface area contributed by atoms with Gasteiger partial charge in [0.2, 0.25) is 5.91 Å². The Morgan fingerprint density at radius 1 is 1.02 bits per heavy atom. The van der Waals surface area contributed by atoms with Crippen molar-refractivity contribution >= 4 is 45.6 Å². The average molecular weight is 672 g/mol. The SMILES string of the molecule is Cc1c[n+]2cc(CNC(=O)[C@H](Cc3ccc(O)cc3)NC(=O)Nc3ccc(C(=O)OC(C)C)cc3)n(Cc3ccccc3[N+](=O)[O-])c2s1. The van der Waals surface area contributed by atoms with Crippen molar-refractivity contribution in [1.82, 2.24) is 15.2 Å². The molecular weight excluding hydrogens is 636 g/mol. The molecule has 0 aliphatic heterocycles. The number of nitrogens with zero attached hydrogens (tertiary/aromatic N) is 3. The number of urea groups is 1. The number of ether oxygens (including phenoxy) is 1. The molecule has 48 heavy (non-hydrogen) atoms. The molecule has 0 bridgehead atoms. The highest BCUT2D eigenvalue weighted by Gasteiger charge is 2.26. The molecule has 0 aliphatic rings. The lowest BCUT2D eigenvalue weighted by Crippen LogP contribution is -2.49. The summed E-state index contributed by atoms with van der Waals surface area (Å²) in [7, 11) is 0. The number of fused-ring (bicyclic) bond motifs is 1. The number of imidazole rings is 1. The molecule has 0 fully saturated rings. The zero-order chi connectivity index (χ0) is 34.4. The van der Waals surface area contributed by atoms with Gasteiger partial charge in [0.25, 0.3) is 5.69 Å². The Morgan fingerprint density at radius 3 is 2.42 bits per heavy atom. The van der Waals surface area contributed by atoms with Gasteiger partial charge < -0.3 is 25.8 Å². The van der Waals surface area contributed by atoms with Crippen molar-refractivity contribution in [3.05, 3.63) is 123 Å². The minimum atomic E-state index is -1.01. The second-order valence-corrected chi connectivity index (χ2v) is 12.6. The number of nitro benzene ring substituents is 1. The maximum absolute atomic E-state index is 13.6. The number of carbonyl (C=O) groups excluding carboxylic acids is 3. The fourth-order valence-electron chi connectivity index (χ4n) is 5.09. The average Bonchev–Trinajstić information content (AvgIpc) is 3.56. The molecule has 1 atom stereocenters. The maximum Gasteiger partial charge on any atom is 0.346 e. The number of para-hydroxylation sites is 1. The van der Waals surface area contributed by atoms with E-state index in [-0.39, 0.29) is 37.1 Å². The molecule has 0 aliphatic carbocycles. The highest BCUT2D eigenvalue weighted by atomic mass is 32.1. The third kappa shape index (κ3) is 8.33. The zero-order valence-electron chi connectivity index (χ0n) is 26.5. The maximum atomic E-state index is 13.6. The molecule has 5 rings (SSSR count). The Balaban J connectivity index is 1.33. The summed E-state index contributed by atoms with van der Waals surface area (Å²) in [6.07, 6.45) is 3.66. The van der Waals surface area contributed by atoms with E-state index in [0.29, 0.717) is 28.1 Å². The Kier molecular flexibility index (Phi) is 10.3. The summed E-state index contributed by atoms with van der Waals surface area (Å²) in [5.41, 5.74) is 2.66. The minimum Gasteiger partial charge on any atom is -0.508 e. The fourth-order valence-corrected chi connectivity index (χ4v) is 6.05. The van der Waals surface area contributed by atoms with Gasteiger partial charge >= 0.3 is 17.0 Å². The third-order valence-corrected chi connectivity index (χ3v) is 8.38. The van der Waals surface area contributed by atoms with Gasteiger partial charge in [-0.15, -0.1) is 0 Å². The number of amides is 3. The smallest absolute Gasteiger partial charge is 0.346 e. The van der Waals surface area contributed by atoms with Crippen LogP contribution in [0.25, 0.3) is 4.96 Å². The Labute approximate surface area is 280 Å². The van der Waals surface area contributed by atoms with E-state index in [9.17, 15) is 29.6 Å². The van der Waals surface area contributed by atoms with E-state index in [1.165, 1.54) is 41.7 Å². The molecule has 3 amide bonds. The van der Waals surface area contributed by atoms with Crippen molar-refractivity contribution in [3.63, 3.8) is 0 Å². The molecule has 0 saturated heterocycles. The third-order valence-electron chi connectivity index (χ3n) is 7.34. The zero-order valence-corrected chi connectivity index (χ0v) is 27.3. The highest BCUT2D eigenvalue weighted by molar-refractivity contribution is 7.16. The number of aromatic hydroxyl groups is 1. The Hall–Kier alpha value is -5.76. The largest absolute Gasteiger partial charge is 0.508 e. The predicted molar refractivity (Wildman–Crippen MR) is 179 cm³/mol. The summed E-state index contributed by atoms with van der Waals surface area (Å²) >= 11 is 1.52. The summed E-state index contributed by atoms with van der Waals surface area (Å²) < 4.78 is 9.04. The van der Waals surface area contributed by atoms with Crippen LogP contribution in [-0.4, -0.2) is 44.7 Å². The Bertz CT molecular complexity index is 1950.